The maximum Gasteiger partial charge on any atom is 0.192 e. The van der Waals surface area contributed by atoms with Gasteiger partial charge in [0.2, 0.25) is 0 Å². The van der Waals surface area contributed by atoms with Gasteiger partial charge in [0.15, 0.2) is 11.0 Å². The van der Waals surface area contributed by atoms with Gasteiger partial charge in [-0.15, -0.1) is 10.2 Å². The molecule has 0 radical (unpaired) electrons. The van der Waals surface area contributed by atoms with E-state index in [0.717, 1.165) is 34.4 Å². The van der Waals surface area contributed by atoms with Crippen LogP contribution in [-0.2, 0) is 0 Å². The molecule has 0 aliphatic heterocycles. The van der Waals surface area contributed by atoms with Gasteiger partial charge >= 0.3 is 0 Å². The number of hydrogen-bond donors (Lipinski definition) is 0. The van der Waals surface area contributed by atoms with Crippen molar-refractivity contribution in [2.75, 3.05) is 5.75 Å². The minimum Gasteiger partial charge on any atom is -0.299 e. The first kappa shape index (κ1) is 18.2. The molecule has 1 atom stereocenters. The first-order valence-corrected chi connectivity index (χ1v) is 10.6. The highest BCUT2D eigenvalue weighted by atomic mass is 32.2. The maximum atomic E-state index is 4.61. The van der Waals surface area contributed by atoms with Gasteiger partial charge < -0.3 is 0 Å². The summed E-state index contributed by atoms with van der Waals surface area (Å²) < 4.78 is 2.28. The molecule has 140 valence electrons. The zero-order chi connectivity index (χ0) is 18.6. The molecule has 1 saturated carbocycles. The Hall–Kier alpha value is -2.21. The highest BCUT2D eigenvalue weighted by Crippen LogP contribution is 2.40. The second-order valence-electron chi connectivity index (χ2n) is 7.40. The molecular formula is C21H25N5S. The van der Waals surface area contributed by atoms with Crippen molar-refractivity contribution in [3.05, 3.63) is 48.5 Å². The smallest absolute Gasteiger partial charge is 0.192 e. The highest BCUT2D eigenvalue weighted by Gasteiger charge is 2.30. The summed E-state index contributed by atoms with van der Waals surface area (Å²) in [5.74, 6) is 3.06. The van der Waals surface area contributed by atoms with Crippen molar-refractivity contribution in [1.29, 1.82) is 0 Å². The first-order valence-electron chi connectivity index (χ1n) is 9.61. The third-order valence-electron chi connectivity index (χ3n) is 5.01. The SMILES string of the molecule is CC(C)C1C=CC(/N=C/CSc2nnc(-c3ccncc3)n2C2CC2)=CC1. The summed E-state index contributed by atoms with van der Waals surface area (Å²) in [7, 11) is 0. The average Bonchev–Trinajstić information content (AvgIpc) is 3.45. The van der Waals surface area contributed by atoms with Crippen LogP contribution >= 0.6 is 11.8 Å². The van der Waals surface area contributed by atoms with Crippen LogP contribution in [0.3, 0.4) is 0 Å². The van der Waals surface area contributed by atoms with E-state index < -0.39 is 0 Å². The Labute approximate surface area is 164 Å². The maximum absolute atomic E-state index is 4.61. The molecule has 2 aromatic rings. The van der Waals surface area contributed by atoms with Crippen LogP contribution in [0, 0.1) is 11.8 Å². The molecule has 6 heteroatoms. The van der Waals surface area contributed by atoms with E-state index in [2.05, 4.69) is 56.8 Å². The zero-order valence-corrected chi connectivity index (χ0v) is 16.6. The van der Waals surface area contributed by atoms with Gasteiger partial charge in [0, 0.05) is 36.0 Å². The van der Waals surface area contributed by atoms with Gasteiger partial charge in [-0.1, -0.05) is 37.8 Å². The molecule has 1 fully saturated rings. The van der Waals surface area contributed by atoms with Crippen molar-refractivity contribution in [2.45, 2.75) is 44.3 Å². The Morgan fingerprint density at radius 2 is 2.07 bits per heavy atom. The molecule has 2 heterocycles. The van der Waals surface area contributed by atoms with Crippen molar-refractivity contribution in [1.82, 2.24) is 19.7 Å². The van der Waals surface area contributed by atoms with Crippen LogP contribution in [0.1, 0.15) is 39.2 Å². The predicted octanol–water partition coefficient (Wildman–Crippen LogP) is 4.95. The molecule has 0 saturated heterocycles. The average molecular weight is 380 g/mol. The Morgan fingerprint density at radius 3 is 2.74 bits per heavy atom. The fraction of sp³-hybridized carbons (Fsp3) is 0.429. The normalized spacial score (nSPS) is 19.8. The third-order valence-corrected chi connectivity index (χ3v) is 5.86. The van der Waals surface area contributed by atoms with E-state index in [-0.39, 0.29) is 0 Å². The molecule has 0 N–H and O–H groups in total. The second kappa shape index (κ2) is 8.21. The third kappa shape index (κ3) is 4.38. The Kier molecular flexibility index (Phi) is 5.53. The van der Waals surface area contributed by atoms with E-state index in [0.29, 0.717) is 17.9 Å². The lowest BCUT2D eigenvalue weighted by molar-refractivity contribution is 0.466. The lowest BCUT2D eigenvalue weighted by atomic mass is 9.89. The zero-order valence-electron chi connectivity index (χ0n) is 15.8. The van der Waals surface area contributed by atoms with E-state index >= 15 is 0 Å². The van der Waals surface area contributed by atoms with Crippen LogP contribution in [0.4, 0.5) is 0 Å². The summed E-state index contributed by atoms with van der Waals surface area (Å²) >= 11 is 1.70. The van der Waals surface area contributed by atoms with E-state index in [9.17, 15) is 0 Å². The van der Waals surface area contributed by atoms with Gasteiger partial charge in [-0.3, -0.25) is 14.5 Å². The molecular weight excluding hydrogens is 354 g/mol. The summed E-state index contributed by atoms with van der Waals surface area (Å²) in [6.07, 6.45) is 15.7. The van der Waals surface area contributed by atoms with Crippen molar-refractivity contribution in [3.63, 3.8) is 0 Å². The van der Waals surface area contributed by atoms with Crippen LogP contribution < -0.4 is 0 Å². The number of nitrogens with zero attached hydrogens (tertiary/aromatic N) is 5. The van der Waals surface area contributed by atoms with Gasteiger partial charge in [0.05, 0.1) is 5.70 Å². The van der Waals surface area contributed by atoms with Crippen molar-refractivity contribution in [3.8, 4) is 11.4 Å². The van der Waals surface area contributed by atoms with Gasteiger partial charge in [-0.25, -0.2) is 0 Å². The molecule has 0 amide bonds. The van der Waals surface area contributed by atoms with E-state index in [1.807, 2.05) is 18.3 Å². The Morgan fingerprint density at radius 1 is 1.26 bits per heavy atom. The molecule has 0 aromatic carbocycles. The van der Waals surface area contributed by atoms with Crippen LogP contribution in [0.5, 0.6) is 0 Å². The van der Waals surface area contributed by atoms with Gasteiger partial charge in [0.1, 0.15) is 0 Å². The van der Waals surface area contributed by atoms with Crippen molar-refractivity contribution >= 4 is 18.0 Å². The Bertz CT molecular complexity index is 862. The monoisotopic (exact) mass is 379 g/mol. The molecule has 0 bridgehead atoms. The summed E-state index contributed by atoms with van der Waals surface area (Å²) in [6.45, 7) is 4.54. The molecule has 2 aliphatic rings. The lowest BCUT2D eigenvalue weighted by Gasteiger charge is -2.17. The van der Waals surface area contributed by atoms with Gasteiger partial charge in [-0.2, -0.15) is 0 Å². The summed E-state index contributed by atoms with van der Waals surface area (Å²) in [5.41, 5.74) is 2.13. The fourth-order valence-electron chi connectivity index (χ4n) is 3.21. The van der Waals surface area contributed by atoms with Crippen LogP contribution in [0.15, 0.2) is 58.6 Å². The number of aliphatic imine (C=N–C) groups is 1. The van der Waals surface area contributed by atoms with Crippen LogP contribution in [0.2, 0.25) is 0 Å². The highest BCUT2D eigenvalue weighted by molar-refractivity contribution is 7.99. The Balaban J connectivity index is 1.40. The summed E-state index contributed by atoms with van der Waals surface area (Å²) in [5, 5.41) is 9.85. The number of aromatic nitrogens is 4. The van der Waals surface area contributed by atoms with Gasteiger partial charge in [0.25, 0.3) is 0 Å². The van der Waals surface area contributed by atoms with E-state index in [1.54, 1.807) is 24.2 Å². The predicted molar refractivity (Wildman–Crippen MR) is 111 cm³/mol. The summed E-state index contributed by atoms with van der Waals surface area (Å²) in [6, 6.07) is 4.51. The van der Waals surface area contributed by atoms with E-state index in [1.165, 1.54) is 12.8 Å². The van der Waals surface area contributed by atoms with E-state index in [4.69, 9.17) is 0 Å². The molecule has 4 rings (SSSR count). The number of pyridine rings is 1. The molecule has 2 aliphatic carbocycles. The molecule has 27 heavy (non-hydrogen) atoms. The largest absolute Gasteiger partial charge is 0.299 e. The number of allylic oxidation sites excluding steroid dienone is 3. The minimum absolute atomic E-state index is 0.527. The number of thioether (sulfide) groups is 1. The summed E-state index contributed by atoms with van der Waals surface area (Å²) in [4.78, 5) is 8.71. The fourth-order valence-corrected chi connectivity index (χ4v) is 3.98. The van der Waals surface area contributed by atoms with Crippen LogP contribution in [0.25, 0.3) is 11.4 Å². The molecule has 1 unspecified atom stereocenters. The quantitative estimate of drug-likeness (QED) is 0.504. The van der Waals surface area contributed by atoms with Crippen molar-refractivity contribution in [2.24, 2.45) is 16.8 Å². The van der Waals surface area contributed by atoms with Gasteiger partial charge in [-0.05, 0) is 49.3 Å². The topological polar surface area (TPSA) is 56.0 Å². The first-order chi connectivity index (χ1) is 13.2. The number of rotatable bonds is 7. The lowest BCUT2D eigenvalue weighted by Crippen LogP contribution is -2.06. The minimum atomic E-state index is 0.527. The molecule has 0 spiro atoms. The van der Waals surface area contributed by atoms with Crippen molar-refractivity contribution < 1.29 is 0 Å². The standard InChI is InChI=1S/C21H25N5S/c1-15(2)16-3-5-18(6-4-16)23-13-14-27-21-25-24-20(26(21)19-7-8-19)17-9-11-22-12-10-17/h3,5-6,9-13,15-16,19H,4,7-8,14H2,1-2H3/b23-13+. The van der Waals surface area contributed by atoms with Crippen LogP contribution in [-0.4, -0.2) is 31.7 Å². The molecule has 2 aromatic heterocycles. The second-order valence-corrected chi connectivity index (χ2v) is 8.38. The molecule has 5 nitrogen and oxygen atoms in total. The number of hydrogen-bond acceptors (Lipinski definition) is 5.